The van der Waals surface area contributed by atoms with E-state index < -0.39 is 0 Å². The highest BCUT2D eigenvalue weighted by atomic mass is 16.5. The van der Waals surface area contributed by atoms with Crippen LogP contribution in [0.2, 0.25) is 0 Å². The van der Waals surface area contributed by atoms with Crippen molar-refractivity contribution in [3.63, 3.8) is 0 Å². The number of furan rings is 1. The van der Waals surface area contributed by atoms with Crippen molar-refractivity contribution < 1.29 is 9.15 Å². The number of fused-ring (bicyclic) bond motifs is 1. The van der Waals surface area contributed by atoms with Gasteiger partial charge in [-0.1, -0.05) is 30.3 Å². The number of imidazole rings is 1. The lowest BCUT2D eigenvalue weighted by atomic mass is 10.2. The first kappa shape index (κ1) is 14.6. The Morgan fingerprint density at radius 1 is 1.00 bits per heavy atom. The van der Waals surface area contributed by atoms with Crippen molar-refractivity contribution in [2.24, 2.45) is 0 Å². The van der Waals surface area contributed by atoms with E-state index in [2.05, 4.69) is 10.6 Å². The van der Waals surface area contributed by atoms with Gasteiger partial charge in [-0.3, -0.25) is 0 Å². The van der Waals surface area contributed by atoms with Crippen LogP contribution in [0, 0.1) is 6.92 Å². The van der Waals surface area contributed by atoms with Gasteiger partial charge in [0.05, 0.1) is 23.8 Å². The summed E-state index contributed by atoms with van der Waals surface area (Å²) in [6.07, 6.45) is 1.69. The molecule has 4 aromatic rings. The summed E-state index contributed by atoms with van der Waals surface area (Å²) in [7, 11) is 0. The molecule has 0 aliphatic rings. The predicted molar refractivity (Wildman–Crippen MR) is 93.1 cm³/mol. The number of ether oxygens (including phenoxy) is 1. The molecule has 4 rings (SSSR count). The van der Waals surface area contributed by atoms with Crippen LogP contribution in [0.25, 0.3) is 11.0 Å². The first-order valence-electron chi connectivity index (χ1n) is 7.96. The van der Waals surface area contributed by atoms with E-state index in [4.69, 9.17) is 14.1 Å². The number of rotatable bonds is 5. The molecule has 0 saturated heterocycles. The molecule has 0 fully saturated rings. The molecule has 2 heterocycles. The van der Waals surface area contributed by atoms with Gasteiger partial charge in [0, 0.05) is 0 Å². The van der Waals surface area contributed by atoms with Crippen molar-refractivity contribution in [1.29, 1.82) is 0 Å². The summed E-state index contributed by atoms with van der Waals surface area (Å²) in [6, 6.07) is 20.0. The second-order valence-electron chi connectivity index (χ2n) is 5.74. The van der Waals surface area contributed by atoms with Crippen molar-refractivity contribution in [3.05, 3.63) is 84.1 Å². The fourth-order valence-electron chi connectivity index (χ4n) is 2.83. The normalized spacial score (nSPS) is 11.0. The smallest absolute Gasteiger partial charge is 0.148 e. The van der Waals surface area contributed by atoms with E-state index in [1.54, 1.807) is 6.26 Å². The van der Waals surface area contributed by atoms with E-state index in [0.717, 1.165) is 33.9 Å². The maximum atomic E-state index is 6.00. The Labute approximate surface area is 140 Å². The topological polar surface area (TPSA) is 40.2 Å². The Kier molecular flexibility index (Phi) is 3.79. The first-order valence-corrected chi connectivity index (χ1v) is 7.96. The van der Waals surface area contributed by atoms with Gasteiger partial charge in [-0.15, -0.1) is 0 Å². The monoisotopic (exact) mass is 318 g/mol. The van der Waals surface area contributed by atoms with Gasteiger partial charge >= 0.3 is 0 Å². The molecule has 2 aromatic carbocycles. The van der Waals surface area contributed by atoms with Gasteiger partial charge in [-0.2, -0.15) is 0 Å². The van der Waals surface area contributed by atoms with Gasteiger partial charge in [0.15, 0.2) is 0 Å². The lowest BCUT2D eigenvalue weighted by Crippen LogP contribution is -2.08. The molecule has 120 valence electrons. The number of benzene rings is 2. The van der Waals surface area contributed by atoms with Crippen LogP contribution in [0.5, 0.6) is 5.75 Å². The Morgan fingerprint density at radius 3 is 2.67 bits per heavy atom. The molecule has 0 aliphatic heterocycles. The van der Waals surface area contributed by atoms with Gasteiger partial charge in [-0.25, -0.2) is 4.98 Å². The quantitative estimate of drug-likeness (QED) is 0.541. The van der Waals surface area contributed by atoms with Crippen molar-refractivity contribution in [2.75, 3.05) is 0 Å². The van der Waals surface area contributed by atoms with Crippen molar-refractivity contribution in [2.45, 2.75) is 20.1 Å². The van der Waals surface area contributed by atoms with Gasteiger partial charge in [-0.05, 0) is 42.8 Å². The van der Waals surface area contributed by atoms with Crippen molar-refractivity contribution in [3.8, 4) is 5.75 Å². The number of aromatic nitrogens is 2. The van der Waals surface area contributed by atoms with Crippen molar-refractivity contribution >= 4 is 11.0 Å². The van der Waals surface area contributed by atoms with E-state index in [1.165, 1.54) is 0 Å². The predicted octanol–water partition coefficient (Wildman–Crippen LogP) is 4.57. The van der Waals surface area contributed by atoms with Crippen molar-refractivity contribution in [1.82, 2.24) is 9.55 Å². The molecule has 0 spiro atoms. The van der Waals surface area contributed by atoms with E-state index in [-0.39, 0.29) is 0 Å². The maximum Gasteiger partial charge on any atom is 0.148 e. The second kappa shape index (κ2) is 6.24. The minimum absolute atomic E-state index is 0.417. The SMILES string of the molecule is Cc1ccccc1OCc1nc2ccccc2n1Cc1ccco1. The zero-order valence-electron chi connectivity index (χ0n) is 13.5. The lowest BCUT2D eigenvalue weighted by molar-refractivity contribution is 0.288. The third-order valence-corrected chi connectivity index (χ3v) is 4.08. The van der Waals surface area contributed by atoms with Crippen LogP contribution >= 0.6 is 0 Å². The first-order chi connectivity index (χ1) is 11.8. The minimum atomic E-state index is 0.417. The number of para-hydroxylation sites is 3. The van der Waals surface area contributed by atoms with E-state index in [0.29, 0.717) is 13.2 Å². The average molecular weight is 318 g/mol. The second-order valence-corrected chi connectivity index (χ2v) is 5.74. The summed E-state index contributed by atoms with van der Waals surface area (Å²) < 4.78 is 13.6. The Balaban J connectivity index is 1.67. The number of aryl methyl sites for hydroxylation is 1. The molecule has 2 aromatic heterocycles. The zero-order chi connectivity index (χ0) is 16.4. The van der Waals surface area contributed by atoms with Crippen LogP contribution in [0.1, 0.15) is 17.1 Å². The van der Waals surface area contributed by atoms with E-state index >= 15 is 0 Å². The summed E-state index contributed by atoms with van der Waals surface area (Å²) in [5.41, 5.74) is 3.16. The molecule has 0 atom stereocenters. The molecule has 0 radical (unpaired) electrons. The van der Waals surface area contributed by atoms with Gasteiger partial charge in [0.2, 0.25) is 0 Å². The molecule has 0 saturated carbocycles. The number of hydrogen-bond acceptors (Lipinski definition) is 3. The Hall–Kier alpha value is -3.01. The van der Waals surface area contributed by atoms with Gasteiger partial charge in [0.1, 0.15) is 23.9 Å². The highest BCUT2D eigenvalue weighted by Gasteiger charge is 2.13. The summed E-state index contributed by atoms with van der Waals surface area (Å²) in [5.74, 6) is 2.67. The van der Waals surface area contributed by atoms with Crippen LogP contribution in [-0.4, -0.2) is 9.55 Å². The molecule has 0 bridgehead atoms. The Bertz CT molecular complexity index is 955. The number of hydrogen-bond donors (Lipinski definition) is 0. The van der Waals surface area contributed by atoms with Gasteiger partial charge in [0.25, 0.3) is 0 Å². The minimum Gasteiger partial charge on any atom is -0.485 e. The van der Waals surface area contributed by atoms with E-state index in [9.17, 15) is 0 Å². The van der Waals surface area contributed by atoms with Gasteiger partial charge < -0.3 is 13.7 Å². The molecule has 0 N–H and O–H groups in total. The molecule has 4 nitrogen and oxygen atoms in total. The molecule has 24 heavy (non-hydrogen) atoms. The lowest BCUT2D eigenvalue weighted by Gasteiger charge is -2.11. The largest absolute Gasteiger partial charge is 0.485 e. The highest BCUT2D eigenvalue weighted by molar-refractivity contribution is 5.76. The fourth-order valence-corrected chi connectivity index (χ4v) is 2.83. The molecule has 0 aliphatic carbocycles. The summed E-state index contributed by atoms with van der Waals surface area (Å²) in [4.78, 5) is 4.73. The summed E-state index contributed by atoms with van der Waals surface area (Å²) in [5, 5.41) is 0. The molecule has 0 amide bonds. The summed E-state index contributed by atoms with van der Waals surface area (Å²) in [6.45, 7) is 3.10. The Morgan fingerprint density at radius 2 is 1.83 bits per heavy atom. The highest BCUT2D eigenvalue weighted by Crippen LogP contribution is 2.21. The van der Waals surface area contributed by atoms with Crippen LogP contribution in [0.15, 0.2) is 71.3 Å². The molecule has 0 unspecified atom stereocenters. The van der Waals surface area contributed by atoms with Crippen LogP contribution in [0.3, 0.4) is 0 Å². The summed E-state index contributed by atoms with van der Waals surface area (Å²) >= 11 is 0. The maximum absolute atomic E-state index is 6.00. The third kappa shape index (κ3) is 2.78. The molecule has 4 heteroatoms. The van der Waals surface area contributed by atoms with E-state index in [1.807, 2.05) is 61.5 Å². The molecular weight excluding hydrogens is 300 g/mol. The van der Waals surface area contributed by atoms with Crippen LogP contribution < -0.4 is 4.74 Å². The van der Waals surface area contributed by atoms with Crippen LogP contribution in [-0.2, 0) is 13.2 Å². The standard InChI is InChI=1S/C20H18N2O2/c1-15-7-2-5-11-19(15)24-14-20-21-17-9-3-4-10-18(17)22(20)13-16-8-6-12-23-16/h2-12H,13-14H2,1H3. The fraction of sp³-hybridized carbons (Fsp3) is 0.150. The average Bonchev–Trinajstić information content (AvgIpc) is 3.23. The third-order valence-electron chi connectivity index (χ3n) is 4.08. The number of nitrogens with zero attached hydrogens (tertiary/aromatic N) is 2. The molecular formula is C20H18N2O2. The zero-order valence-corrected chi connectivity index (χ0v) is 13.5. The van der Waals surface area contributed by atoms with Crippen LogP contribution in [0.4, 0.5) is 0 Å².